The first-order valence-electron chi connectivity index (χ1n) is 6.44. The summed E-state index contributed by atoms with van der Waals surface area (Å²) in [6, 6.07) is 0. The van der Waals surface area contributed by atoms with Crippen molar-refractivity contribution in [2.45, 2.75) is 45.5 Å². The Balaban J connectivity index is 2.00. The van der Waals surface area contributed by atoms with Crippen molar-refractivity contribution < 1.29 is 4.52 Å². The van der Waals surface area contributed by atoms with Crippen LogP contribution in [0, 0.1) is 5.92 Å². The van der Waals surface area contributed by atoms with Crippen molar-refractivity contribution in [1.82, 2.24) is 25.1 Å². The third kappa shape index (κ3) is 3.76. The van der Waals surface area contributed by atoms with Crippen molar-refractivity contribution in [3.05, 3.63) is 23.6 Å². The van der Waals surface area contributed by atoms with Gasteiger partial charge in [-0.05, 0) is 12.3 Å². The molecule has 0 aliphatic carbocycles. The number of rotatable bonds is 6. The van der Waals surface area contributed by atoms with Crippen molar-refractivity contribution in [2.75, 3.05) is 0 Å². The minimum Gasteiger partial charge on any atom is -0.339 e. The van der Waals surface area contributed by atoms with E-state index in [1.54, 1.807) is 4.68 Å². The maximum Gasteiger partial charge on any atom is 0.226 e. The normalized spacial score (nSPS) is 13.1. The minimum absolute atomic E-state index is 0.101. The predicted octanol–water partition coefficient (Wildman–Crippen LogP) is 2.60. The molecule has 6 nitrogen and oxygen atoms in total. The zero-order valence-electron chi connectivity index (χ0n) is 11.4. The molecule has 0 N–H and O–H groups in total. The van der Waals surface area contributed by atoms with Gasteiger partial charge >= 0.3 is 0 Å². The molecule has 2 aromatic heterocycles. The SMILES string of the molecule is CCC(Cl)c1cn(Cc2noc(CC(C)C)n2)nn1. The van der Waals surface area contributed by atoms with Crippen LogP contribution in [0.1, 0.15) is 50.0 Å². The van der Waals surface area contributed by atoms with E-state index < -0.39 is 0 Å². The van der Waals surface area contributed by atoms with Gasteiger partial charge in [-0.15, -0.1) is 16.7 Å². The molecule has 2 aromatic rings. The van der Waals surface area contributed by atoms with E-state index in [0.717, 1.165) is 18.5 Å². The topological polar surface area (TPSA) is 69.6 Å². The summed E-state index contributed by atoms with van der Waals surface area (Å²) in [7, 11) is 0. The van der Waals surface area contributed by atoms with Gasteiger partial charge in [0.15, 0.2) is 5.82 Å². The minimum atomic E-state index is -0.101. The van der Waals surface area contributed by atoms with Crippen LogP contribution >= 0.6 is 11.6 Å². The second-order valence-corrected chi connectivity index (χ2v) is 5.45. The first-order valence-corrected chi connectivity index (χ1v) is 6.87. The molecule has 0 fully saturated rings. The van der Waals surface area contributed by atoms with Crippen LogP contribution in [0.5, 0.6) is 0 Å². The Morgan fingerprint density at radius 3 is 2.89 bits per heavy atom. The zero-order valence-corrected chi connectivity index (χ0v) is 12.1. The van der Waals surface area contributed by atoms with Gasteiger partial charge in [0.2, 0.25) is 5.89 Å². The first kappa shape index (κ1) is 14.0. The van der Waals surface area contributed by atoms with Gasteiger partial charge < -0.3 is 4.52 Å². The van der Waals surface area contributed by atoms with Gasteiger partial charge in [0.25, 0.3) is 0 Å². The van der Waals surface area contributed by atoms with Crippen LogP contribution < -0.4 is 0 Å². The molecule has 104 valence electrons. The highest BCUT2D eigenvalue weighted by atomic mass is 35.5. The van der Waals surface area contributed by atoms with E-state index in [1.807, 2.05) is 13.1 Å². The number of alkyl halides is 1. The van der Waals surface area contributed by atoms with E-state index in [2.05, 4.69) is 34.3 Å². The number of aromatic nitrogens is 5. The second kappa shape index (κ2) is 6.14. The summed E-state index contributed by atoms with van der Waals surface area (Å²) in [5.74, 6) is 1.76. The molecule has 0 radical (unpaired) electrons. The molecule has 0 bridgehead atoms. The van der Waals surface area contributed by atoms with E-state index in [1.165, 1.54) is 0 Å². The Bertz CT molecular complexity index is 522. The summed E-state index contributed by atoms with van der Waals surface area (Å²) in [4.78, 5) is 4.32. The average Bonchev–Trinajstić information content (AvgIpc) is 2.98. The number of halogens is 1. The summed E-state index contributed by atoms with van der Waals surface area (Å²) in [6.07, 6.45) is 3.43. The lowest BCUT2D eigenvalue weighted by Crippen LogP contribution is -2.02. The molecule has 2 heterocycles. The Kier molecular flexibility index (Phi) is 4.52. The van der Waals surface area contributed by atoms with Crippen LogP contribution in [0.4, 0.5) is 0 Å². The van der Waals surface area contributed by atoms with Gasteiger partial charge in [-0.3, -0.25) is 0 Å². The van der Waals surface area contributed by atoms with Crippen molar-refractivity contribution in [2.24, 2.45) is 5.92 Å². The van der Waals surface area contributed by atoms with Gasteiger partial charge in [0, 0.05) is 6.42 Å². The summed E-state index contributed by atoms with van der Waals surface area (Å²) < 4.78 is 6.85. The number of hydrogen-bond donors (Lipinski definition) is 0. The molecule has 0 saturated carbocycles. The molecule has 0 saturated heterocycles. The van der Waals surface area contributed by atoms with Gasteiger partial charge in [0.1, 0.15) is 12.2 Å². The van der Waals surface area contributed by atoms with Crippen molar-refractivity contribution in [3.8, 4) is 0 Å². The van der Waals surface area contributed by atoms with Crippen LogP contribution in [0.25, 0.3) is 0 Å². The first-order chi connectivity index (χ1) is 9.08. The zero-order chi connectivity index (χ0) is 13.8. The lowest BCUT2D eigenvalue weighted by Gasteiger charge is -1.98. The Hall–Kier alpha value is -1.43. The van der Waals surface area contributed by atoms with Gasteiger partial charge in [0.05, 0.1) is 11.6 Å². The monoisotopic (exact) mass is 283 g/mol. The van der Waals surface area contributed by atoms with E-state index in [4.69, 9.17) is 16.1 Å². The highest BCUT2D eigenvalue weighted by Gasteiger charge is 2.12. The van der Waals surface area contributed by atoms with Crippen LogP contribution in [0.2, 0.25) is 0 Å². The largest absolute Gasteiger partial charge is 0.339 e. The molecule has 19 heavy (non-hydrogen) atoms. The lowest BCUT2D eigenvalue weighted by atomic mass is 10.1. The van der Waals surface area contributed by atoms with Crippen molar-refractivity contribution in [1.29, 1.82) is 0 Å². The molecular weight excluding hydrogens is 266 g/mol. The van der Waals surface area contributed by atoms with Crippen molar-refractivity contribution in [3.63, 3.8) is 0 Å². The van der Waals surface area contributed by atoms with Crippen LogP contribution in [0.15, 0.2) is 10.7 Å². The van der Waals surface area contributed by atoms with Crippen molar-refractivity contribution >= 4 is 11.6 Å². The average molecular weight is 284 g/mol. The third-order valence-corrected chi connectivity index (χ3v) is 3.16. The molecule has 0 aromatic carbocycles. The smallest absolute Gasteiger partial charge is 0.226 e. The third-order valence-electron chi connectivity index (χ3n) is 2.63. The molecule has 2 rings (SSSR count). The highest BCUT2D eigenvalue weighted by molar-refractivity contribution is 6.20. The quantitative estimate of drug-likeness (QED) is 0.762. The number of hydrogen-bond acceptors (Lipinski definition) is 5. The molecular formula is C12H18ClN5O. The molecule has 0 aliphatic heterocycles. The molecule has 0 amide bonds. The molecule has 0 aliphatic rings. The van der Waals surface area contributed by atoms with Gasteiger partial charge in [-0.25, -0.2) is 4.68 Å². The molecule has 0 spiro atoms. The van der Waals surface area contributed by atoms with E-state index >= 15 is 0 Å². The van der Waals surface area contributed by atoms with E-state index in [-0.39, 0.29) is 5.38 Å². The van der Waals surface area contributed by atoms with Gasteiger partial charge in [-0.1, -0.05) is 31.1 Å². The lowest BCUT2D eigenvalue weighted by molar-refractivity contribution is 0.357. The molecule has 1 atom stereocenters. The fourth-order valence-corrected chi connectivity index (χ4v) is 1.77. The Morgan fingerprint density at radius 2 is 2.21 bits per heavy atom. The molecule has 1 unspecified atom stereocenters. The molecule has 7 heteroatoms. The van der Waals surface area contributed by atoms with E-state index in [9.17, 15) is 0 Å². The Morgan fingerprint density at radius 1 is 1.42 bits per heavy atom. The summed E-state index contributed by atoms with van der Waals surface area (Å²) in [5.41, 5.74) is 0.773. The summed E-state index contributed by atoms with van der Waals surface area (Å²) in [6.45, 7) is 6.67. The number of nitrogens with zero attached hydrogens (tertiary/aromatic N) is 5. The standard InChI is InChI=1S/C12H18ClN5O/c1-4-9(13)10-6-18(17-15-10)7-11-14-12(19-16-11)5-8(2)3/h6,8-9H,4-5,7H2,1-3H3. The maximum absolute atomic E-state index is 6.10. The van der Waals surface area contributed by atoms with Crippen LogP contribution in [0.3, 0.4) is 0 Å². The summed E-state index contributed by atoms with van der Waals surface area (Å²) >= 11 is 6.10. The van der Waals surface area contributed by atoms with Crippen LogP contribution in [-0.2, 0) is 13.0 Å². The fraction of sp³-hybridized carbons (Fsp3) is 0.667. The van der Waals surface area contributed by atoms with Gasteiger partial charge in [-0.2, -0.15) is 4.98 Å². The fourth-order valence-electron chi connectivity index (χ4n) is 1.67. The predicted molar refractivity (Wildman–Crippen MR) is 70.8 cm³/mol. The highest BCUT2D eigenvalue weighted by Crippen LogP contribution is 2.20. The second-order valence-electron chi connectivity index (χ2n) is 4.92. The van der Waals surface area contributed by atoms with Crippen LogP contribution in [-0.4, -0.2) is 25.1 Å². The Labute approximate surface area is 117 Å². The van der Waals surface area contributed by atoms with E-state index in [0.29, 0.717) is 24.2 Å². The summed E-state index contributed by atoms with van der Waals surface area (Å²) in [5, 5.41) is 11.9. The maximum atomic E-state index is 6.10.